The van der Waals surface area contributed by atoms with E-state index in [4.69, 9.17) is 16.6 Å². The Morgan fingerprint density at radius 2 is 2.21 bits per heavy atom. The monoisotopic (exact) mass is 276 g/mol. The van der Waals surface area contributed by atoms with Crippen LogP contribution in [0.3, 0.4) is 0 Å². The predicted molar refractivity (Wildman–Crippen MR) is 80.9 cm³/mol. The third-order valence-electron chi connectivity index (χ3n) is 4.38. The summed E-state index contributed by atoms with van der Waals surface area (Å²) in [5, 5.41) is 0. The summed E-state index contributed by atoms with van der Waals surface area (Å²) in [6, 6.07) is 7.19. The average molecular weight is 277 g/mol. The van der Waals surface area contributed by atoms with Crippen LogP contribution >= 0.6 is 11.6 Å². The Hall–Kier alpha value is -1.02. The van der Waals surface area contributed by atoms with E-state index in [1.807, 2.05) is 0 Å². The molecule has 0 amide bonds. The lowest BCUT2D eigenvalue weighted by molar-refractivity contribution is 0.406. The lowest BCUT2D eigenvalue weighted by Crippen LogP contribution is -2.15. The van der Waals surface area contributed by atoms with Crippen molar-refractivity contribution >= 4 is 22.6 Å². The molecule has 0 N–H and O–H groups in total. The molecule has 1 aromatic carbocycles. The van der Waals surface area contributed by atoms with E-state index in [-0.39, 0.29) is 0 Å². The van der Waals surface area contributed by atoms with Gasteiger partial charge in [0.15, 0.2) is 0 Å². The van der Waals surface area contributed by atoms with Crippen molar-refractivity contribution in [3.63, 3.8) is 0 Å². The van der Waals surface area contributed by atoms with E-state index in [0.29, 0.717) is 11.9 Å². The number of fused-ring (bicyclic) bond motifs is 1. The van der Waals surface area contributed by atoms with Gasteiger partial charge >= 0.3 is 0 Å². The number of nitrogens with zero attached hydrogens (tertiary/aromatic N) is 2. The summed E-state index contributed by atoms with van der Waals surface area (Å²) < 4.78 is 2.47. The van der Waals surface area contributed by atoms with Crippen molar-refractivity contribution in [1.29, 1.82) is 0 Å². The summed E-state index contributed by atoms with van der Waals surface area (Å²) in [6.07, 6.45) is 4.79. The van der Waals surface area contributed by atoms with Crippen molar-refractivity contribution < 1.29 is 0 Å². The highest BCUT2D eigenvalue weighted by molar-refractivity contribution is 6.17. The number of hydrogen-bond acceptors (Lipinski definition) is 1. The molecule has 2 unspecified atom stereocenters. The number of aryl methyl sites for hydroxylation is 2. The topological polar surface area (TPSA) is 17.8 Å². The van der Waals surface area contributed by atoms with Crippen molar-refractivity contribution in [1.82, 2.24) is 9.55 Å². The van der Waals surface area contributed by atoms with E-state index in [0.717, 1.165) is 23.7 Å². The fraction of sp³-hybridized carbons (Fsp3) is 0.562. The first-order valence-electron chi connectivity index (χ1n) is 7.24. The van der Waals surface area contributed by atoms with Gasteiger partial charge in [0.2, 0.25) is 0 Å². The van der Waals surface area contributed by atoms with E-state index in [9.17, 15) is 0 Å². The zero-order valence-corrected chi connectivity index (χ0v) is 12.5. The minimum Gasteiger partial charge on any atom is -0.325 e. The van der Waals surface area contributed by atoms with Gasteiger partial charge in [0.05, 0.1) is 11.0 Å². The van der Waals surface area contributed by atoms with Crippen LogP contribution < -0.4 is 0 Å². The van der Waals surface area contributed by atoms with Gasteiger partial charge in [0.1, 0.15) is 5.82 Å². The molecule has 1 heterocycles. The number of halogens is 1. The molecule has 3 rings (SSSR count). The second-order valence-electron chi connectivity index (χ2n) is 5.80. The molecule has 2 nitrogen and oxygen atoms in total. The van der Waals surface area contributed by atoms with Gasteiger partial charge < -0.3 is 4.57 Å². The molecular formula is C16H21ClN2. The molecule has 3 heteroatoms. The number of aromatic nitrogens is 2. The number of alkyl halides is 1. The van der Waals surface area contributed by atoms with E-state index in [1.54, 1.807) is 0 Å². The van der Waals surface area contributed by atoms with Crippen LogP contribution in [-0.4, -0.2) is 15.4 Å². The number of imidazole rings is 1. The molecule has 1 aromatic heterocycles. The molecule has 102 valence electrons. The molecule has 1 aliphatic rings. The quantitative estimate of drug-likeness (QED) is 0.756. The Balaban J connectivity index is 2.16. The third-order valence-corrected chi connectivity index (χ3v) is 4.57. The summed E-state index contributed by atoms with van der Waals surface area (Å²) in [5.41, 5.74) is 3.68. The number of rotatable bonds is 3. The summed E-state index contributed by atoms with van der Waals surface area (Å²) in [7, 11) is 0. The van der Waals surface area contributed by atoms with Crippen molar-refractivity contribution in [3.8, 4) is 0 Å². The van der Waals surface area contributed by atoms with Gasteiger partial charge in [-0.1, -0.05) is 19.4 Å². The molecule has 1 aliphatic carbocycles. The van der Waals surface area contributed by atoms with Gasteiger partial charge in [-0.25, -0.2) is 4.98 Å². The van der Waals surface area contributed by atoms with Gasteiger partial charge in [0, 0.05) is 18.3 Å². The number of benzene rings is 1. The molecule has 0 aliphatic heterocycles. The van der Waals surface area contributed by atoms with Crippen LogP contribution in [0.25, 0.3) is 11.0 Å². The lowest BCUT2D eigenvalue weighted by atomic mass is 10.1. The first-order valence-corrected chi connectivity index (χ1v) is 7.77. The summed E-state index contributed by atoms with van der Waals surface area (Å²) in [4.78, 5) is 4.82. The van der Waals surface area contributed by atoms with E-state index >= 15 is 0 Å². The van der Waals surface area contributed by atoms with Crippen LogP contribution in [-0.2, 0) is 6.42 Å². The molecular weight excluding hydrogens is 256 g/mol. The maximum atomic E-state index is 5.96. The average Bonchev–Trinajstić information content (AvgIpc) is 2.92. The van der Waals surface area contributed by atoms with Crippen LogP contribution in [0.4, 0.5) is 0 Å². The Bertz CT molecular complexity index is 588. The van der Waals surface area contributed by atoms with Crippen molar-refractivity contribution in [2.24, 2.45) is 5.92 Å². The van der Waals surface area contributed by atoms with Crippen LogP contribution in [0.5, 0.6) is 0 Å². The standard InChI is InChI=1S/C16H21ClN2/c1-11-6-7-15-13(10-11)18-16(8-9-17)19(15)14-5-3-4-12(14)2/h6-7,10,12,14H,3-5,8-9H2,1-2H3. The predicted octanol–water partition coefficient (Wildman–Crippen LogP) is 4.49. The normalized spacial score (nSPS) is 23.3. The molecule has 0 saturated heterocycles. The van der Waals surface area contributed by atoms with Crippen LogP contribution in [0.2, 0.25) is 0 Å². The minimum absolute atomic E-state index is 0.603. The molecule has 19 heavy (non-hydrogen) atoms. The molecule has 1 fully saturated rings. The van der Waals surface area contributed by atoms with Gasteiger partial charge in [-0.2, -0.15) is 0 Å². The van der Waals surface area contributed by atoms with Gasteiger partial charge in [-0.15, -0.1) is 11.6 Å². The minimum atomic E-state index is 0.603. The van der Waals surface area contributed by atoms with Gasteiger partial charge in [-0.3, -0.25) is 0 Å². The third kappa shape index (κ3) is 2.27. The van der Waals surface area contributed by atoms with E-state index in [2.05, 4.69) is 36.6 Å². The molecule has 2 aromatic rings. The Kier molecular flexibility index (Phi) is 3.53. The second-order valence-corrected chi connectivity index (χ2v) is 6.18. The summed E-state index contributed by atoms with van der Waals surface area (Å²) in [6.45, 7) is 4.49. The largest absolute Gasteiger partial charge is 0.325 e. The SMILES string of the molecule is Cc1ccc2c(c1)nc(CCCl)n2C1CCCC1C. The van der Waals surface area contributed by atoms with Gasteiger partial charge in [0.25, 0.3) is 0 Å². The van der Waals surface area contributed by atoms with Gasteiger partial charge in [-0.05, 0) is 43.4 Å². The smallest absolute Gasteiger partial charge is 0.111 e. The maximum absolute atomic E-state index is 5.96. The lowest BCUT2D eigenvalue weighted by Gasteiger charge is -2.21. The zero-order valence-electron chi connectivity index (χ0n) is 11.7. The Labute approximate surface area is 119 Å². The van der Waals surface area contributed by atoms with Crippen molar-refractivity contribution in [3.05, 3.63) is 29.6 Å². The fourth-order valence-electron chi connectivity index (χ4n) is 3.40. The molecule has 1 saturated carbocycles. The Morgan fingerprint density at radius 1 is 1.37 bits per heavy atom. The molecule has 0 radical (unpaired) electrons. The fourth-order valence-corrected chi connectivity index (χ4v) is 3.57. The first kappa shape index (κ1) is 13.0. The highest BCUT2D eigenvalue weighted by atomic mass is 35.5. The molecule has 0 bridgehead atoms. The number of hydrogen-bond donors (Lipinski definition) is 0. The first-order chi connectivity index (χ1) is 9.20. The summed E-state index contributed by atoms with van der Waals surface area (Å²) in [5.74, 6) is 2.55. The Morgan fingerprint density at radius 3 is 2.89 bits per heavy atom. The van der Waals surface area contributed by atoms with Crippen LogP contribution in [0, 0.1) is 12.8 Å². The van der Waals surface area contributed by atoms with Crippen LogP contribution in [0.15, 0.2) is 18.2 Å². The highest BCUT2D eigenvalue weighted by Crippen LogP contribution is 2.38. The maximum Gasteiger partial charge on any atom is 0.111 e. The molecule has 0 spiro atoms. The molecule has 2 atom stereocenters. The van der Waals surface area contributed by atoms with Crippen LogP contribution in [0.1, 0.15) is 43.6 Å². The van der Waals surface area contributed by atoms with E-state index < -0.39 is 0 Å². The highest BCUT2D eigenvalue weighted by Gasteiger charge is 2.28. The van der Waals surface area contributed by atoms with Crippen molar-refractivity contribution in [2.45, 2.75) is 45.6 Å². The zero-order chi connectivity index (χ0) is 13.4. The van der Waals surface area contributed by atoms with Crippen molar-refractivity contribution in [2.75, 3.05) is 5.88 Å². The summed E-state index contributed by atoms with van der Waals surface area (Å²) >= 11 is 5.96. The second kappa shape index (κ2) is 5.16. The van der Waals surface area contributed by atoms with E-state index in [1.165, 1.54) is 30.3 Å².